The van der Waals surface area contributed by atoms with Crippen LogP contribution in [0.1, 0.15) is 120 Å². The van der Waals surface area contributed by atoms with Crippen molar-refractivity contribution in [2.45, 2.75) is 206 Å². The minimum Gasteiger partial charge on any atom is -0.481 e. The molecule has 0 aromatic rings. The number of rotatable bonds is 9. The molecule has 1 amide bonds. The zero-order valence-corrected chi connectivity index (χ0v) is 39.4. The second kappa shape index (κ2) is 17.5. The number of ether oxygens (including phenoxy) is 6. The van der Waals surface area contributed by atoms with E-state index in [2.05, 4.69) is 59.9 Å². The number of carbonyl (C=O) groups is 2. The summed E-state index contributed by atoms with van der Waals surface area (Å²) in [4.78, 5) is 25.7. The number of aliphatic carboxylic acids is 1. The first kappa shape index (κ1) is 49.6. The Morgan fingerprint density at radius 1 is 0.738 bits per heavy atom. The summed E-state index contributed by atoms with van der Waals surface area (Å²) < 4.78 is 36.1. The molecule has 0 bridgehead atoms. The minimum absolute atomic E-state index is 0.0296. The molecule has 17 nitrogen and oxygen atoms in total. The average molecular weight is 924 g/mol. The van der Waals surface area contributed by atoms with Crippen LogP contribution in [-0.4, -0.2) is 159 Å². The quantitative estimate of drug-likeness (QED) is 0.119. The van der Waals surface area contributed by atoms with Gasteiger partial charge in [-0.2, -0.15) is 0 Å². The van der Waals surface area contributed by atoms with Crippen LogP contribution in [0, 0.1) is 50.2 Å². The molecule has 65 heavy (non-hydrogen) atoms. The average Bonchev–Trinajstić information content (AvgIpc) is 3.23. The Labute approximate surface area is 382 Å². The summed E-state index contributed by atoms with van der Waals surface area (Å²) in [6, 6.07) is -1.14. The van der Waals surface area contributed by atoms with Gasteiger partial charge in [0.1, 0.15) is 61.0 Å². The second-order valence-electron chi connectivity index (χ2n) is 23.4. The van der Waals surface area contributed by atoms with Crippen LogP contribution in [0.5, 0.6) is 0 Å². The van der Waals surface area contributed by atoms with Gasteiger partial charge in [0.25, 0.3) is 0 Å². The molecule has 3 unspecified atom stereocenters. The van der Waals surface area contributed by atoms with Gasteiger partial charge in [-0.15, -0.1) is 0 Å². The van der Waals surface area contributed by atoms with Gasteiger partial charge in [-0.1, -0.05) is 60.1 Å². The molecule has 7 fully saturated rings. The van der Waals surface area contributed by atoms with Gasteiger partial charge in [0.15, 0.2) is 18.9 Å². The molecule has 5 aliphatic carbocycles. The molecule has 0 aromatic carbocycles. The van der Waals surface area contributed by atoms with Gasteiger partial charge in [-0.3, -0.25) is 9.59 Å². The van der Waals surface area contributed by atoms with Crippen molar-refractivity contribution >= 4 is 11.9 Å². The molecule has 21 atom stereocenters. The number of allylic oxidation sites excluding steroid dienone is 2. The van der Waals surface area contributed by atoms with E-state index in [9.17, 15) is 50.4 Å². The van der Waals surface area contributed by atoms with Crippen molar-refractivity contribution < 1.29 is 78.9 Å². The predicted molar refractivity (Wildman–Crippen MR) is 230 cm³/mol. The highest BCUT2D eigenvalue weighted by Crippen LogP contribution is 2.76. The third-order valence-corrected chi connectivity index (χ3v) is 19.0. The van der Waals surface area contributed by atoms with Crippen molar-refractivity contribution in [3.8, 4) is 0 Å². The summed E-state index contributed by atoms with van der Waals surface area (Å²) in [7, 11) is 0. The molecule has 4 saturated carbocycles. The van der Waals surface area contributed by atoms with Crippen LogP contribution < -0.4 is 5.32 Å². The molecule has 0 aromatic heterocycles. The summed E-state index contributed by atoms with van der Waals surface area (Å²) in [6.45, 7) is 16.6. The maximum atomic E-state index is 13.1. The van der Waals surface area contributed by atoms with Crippen molar-refractivity contribution in [2.75, 3.05) is 19.8 Å². The van der Waals surface area contributed by atoms with Crippen LogP contribution in [0.3, 0.4) is 0 Å². The van der Waals surface area contributed by atoms with E-state index in [-0.39, 0.29) is 52.8 Å². The largest absolute Gasteiger partial charge is 0.481 e. The van der Waals surface area contributed by atoms with E-state index in [1.165, 1.54) is 12.5 Å². The monoisotopic (exact) mass is 924 g/mol. The molecule has 3 heterocycles. The summed E-state index contributed by atoms with van der Waals surface area (Å²) in [5.41, 5.74) is 0.127. The Hall–Kier alpha value is -1.84. The van der Waals surface area contributed by atoms with E-state index in [0.717, 1.165) is 51.4 Å². The lowest BCUT2D eigenvalue weighted by atomic mass is 9.33. The number of fused-ring (bicyclic) bond motifs is 7. The summed E-state index contributed by atoms with van der Waals surface area (Å²) in [5.74, 6) is -0.478. The summed E-state index contributed by atoms with van der Waals surface area (Å²) in [5, 5.41) is 88.4. The zero-order valence-electron chi connectivity index (χ0n) is 39.4. The maximum Gasteiger partial charge on any atom is 0.310 e. The van der Waals surface area contributed by atoms with E-state index < -0.39 is 109 Å². The minimum atomic E-state index is -1.70. The lowest BCUT2D eigenvalue weighted by Gasteiger charge is -2.71. The molecule has 0 spiro atoms. The molecular formula is C48H77NO16. The van der Waals surface area contributed by atoms with Gasteiger partial charge in [0.05, 0.1) is 31.3 Å². The Morgan fingerprint density at radius 2 is 1.40 bits per heavy atom. The Balaban J connectivity index is 0.994. The van der Waals surface area contributed by atoms with Crippen LogP contribution in [0.15, 0.2) is 11.6 Å². The highest BCUT2D eigenvalue weighted by molar-refractivity contribution is 5.76. The molecule has 370 valence electrons. The normalized spacial score (nSPS) is 51.6. The standard InChI is InChI=1S/C48H77NO16/c1-23(50)49-32-36(56)35(55)28(22-62-41-38(34(54)27(52)21-61-41)65-40-37(57)33(53)26(51)20-60-40)63-39(32)64-31-12-13-45(6)29(44(31,4)5)11-14-47(8)30(45)10-9-24-25-19-43(2,3)15-17-48(25,42(58)59)18-16-46(24,47)7/h9,25-41,51-57H,10-22H2,1-8H3,(H,49,50)(H,58,59)/t25?,26-,27-,28+,29?,30?,31-,32+,33-,34-,35+,36+,37+,38+,39-,40-,41-,45-,46+,47+,48-/m0/s1. The van der Waals surface area contributed by atoms with Crippen LogP contribution in [0.2, 0.25) is 0 Å². The smallest absolute Gasteiger partial charge is 0.310 e. The lowest BCUT2D eigenvalue weighted by Crippen LogP contribution is -2.67. The molecule has 8 rings (SSSR count). The number of carboxylic acid groups (broad SMARTS) is 1. The van der Waals surface area contributed by atoms with Gasteiger partial charge in [0, 0.05) is 6.92 Å². The lowest BCUT2D eigenvalue weighted by molar-refractivity contribution is -0.352. The number of aliphatic hydroxyl groups is 7. The molecule has 3 aliphatic heterocycles. The van der Waals surface area contributed by atoms with E-state index in [1.807, 2.05) is 0 Å². The third-order valence-electron chi connectivity index (χ3n) is 19.0. The Bertz CT molecular complexity index is 1810. The van der Waals surface area contributed by atoms with Gasteiger partial charge >= 0.3 is 5.97 Å². The SMILES string of the molecule is CC(=O)N[C@H]1[C@H](O[C@H]2CC[C@@]3(C)C(CC[C@]4(C)C3CC=C3C5CC(C)(C)CC[C@]5(C(=O)O)CC[C@]34C)C2(C)C)O[C@H](CO[C@@H]2OC[C@H](O)[C@H](O)[C@H]2O[C@@H]2OC[C@H](O)[C@H](O)[C@H]2O)[C@@H](O)[C@@H]1O. The number of carboxylic acids is 1. The first-order chi connectivity index (χ1) is 30.3. The molecule has 9 N–H and O–H groups in total. The van der Waals surface area contributed by atoms with Gasteiger partial charge in [-0.05, 0) is 109 Å². The molecule has 8 aliphatic rings. The number of nitrogens with one attached hydrogen (secondary N) is 1. The van der Waals surface area contributed by atoms with Gasteiger partial charge in [-0.25, -0.2) is 0 Å². The highest BCUT2D eigenvalue weighted by Gasteiger charge is 2.70. The number of amides is 1. The van der Waals surface area contributed by atoms with Crippen LogP contribution in [-0.2, 0) is 38.0 Å². The van der Waals surface area contributed by atoms with Crippen molar-refractivity contribution in [1.29, 1.82) is 0 Å². The third kappa shape index (κ3) is 8.15. The highest BCUT2D eigenvalue weighted by atomic mass is 16.8. The molecule has 0 radical (unpaired) electrons. The zero-order chi connectivity index (χ0) is 47.4. The van der Waals surface area contributed by atoms with E-state index in [4.69, 9.17) is 28.4 Å². The Kier molecular flexibility index (Phi) is 13.4. The number of aliphatic hydroxyl groups excluding tert-OH is 7. The fourth-order valence-electron chi connectivity index (χ4n) is 14.9. The number of hydrogen-bond donors (Lipinski definition) is 9. The Morgan fingerprint density at radius 3 is 2.08 bits per heavy atom. The topological polar surface area (TPSA) is 263 Å². The van der Waals surface area contributed by atoms with Crippen molar-refractivity contribution in [2.24, 2.45) is 50.2 Å². The first-order valence-electron chi connectivity index (χ1n) is 24.1. The summed E-state index contributed by atoms with van der Waals surface area (Å²) >= 11 is 0. The maximum absolute atomic E-state index is 13.1. The molecule has 17 heteroatoms. The number of carbonyl (C=O) groups excluding carboxylic acids is 1. The molecular weight excluding hydrogens is 847 g/mol. The van der Waals surface area contributed by atoms with Gasteiger partial charge in [0.2, 0.25) is 5.91 Å². The van der Waals surface area contributed by atoms with Crippen molar-refractivity contribution in [3.63, 3.8) is 0 Å². The fourth-order valence-corrected chi connectivity index (χ4v) is 14.9. The second-order valence-corrected chi connectivity index (χ2v) is 23.4. The summed E-state index contributed by atoms with van der Waals surface area (Å²) in [6.07, 6.45) is -7.06. The molecule has 3 saturated heterocycles. The van der Waals surface area contributed by atoms with Gasteiger partial charge < -0.3 is 74.6 Å². The fraction of sp³-hybridized carbons (Fsp3) is 0.917. The first-order valence-corrected chi connectivity index (χ1v) is 24.1. The van der Waals surface area contributed by atoms with Crippen LogP contribution in [0.25, 0.3) is 0 Å². The van der Waals surface area contributed by atoms with E-state index in [0.29, 0.717) is 18.8 Å². The van der Waals surface area contributed by atoms with E-state index in [1.54, 1.807) is 0 Å². The van der Waals surface area contributed by atoms with Crippen LogP contribution in [0.4, 0.5) is 0 Å². The predicted octanol–water partition coefficient (Wildman–Crippen LogP) is 2.13. The van der Waals surface area contributed by atoms with Crippen LogP contribution >= 0.6 is 0 Å². The number of hydrogen-bond acceptors (Lipinski definition) is 15. The van der Waals surface area contributed by atoms with Crippen molar-refractivity contribution in [1.82, 2.24) is 5.32 Å². The van der Waals surface area contributed by atoms with Crippen molar-refractivity contribution in [3.05, 3.63) is 11.6 Å². The van der Waals surface area contributed by atoms with E-state index >= 15 is 0 Å².